The van der Waals surface area contributed by atoms with Crippen LogP contribution in [0.5, 0.6) is 0 Å². The summed E-state index contributed by atoms with van der Waals surface area (Å²) in [5, 5.41) is 3.42. The number of rotatable bonds is 2. The number of carbonyl (C=O) groups excluding carboxylic acids is 1. The van der Waals surface area contributed by atoms with E-state index in [4.69, 9.17) is 23.2 Å². The van der Waals surface area contributed by atoms with Crippen molar-refractivity contribution >= 4 is 40.5 Å². The number of amides is 1. The van der Waals surface area contributed by atoms with Crippen molar-refractivity contribution < 1.29 is 13.6 Å². The molecule has 1 aliphatic rings. The zero-order valence-corrected chi connectivity index (χ0v) is 13.6. The number of anilines is 2. The molecule has 120 valence electrons. The fourth-order valence-corrected chi connectivity index (χ4v) is 2.95. The molecule has 0 aromatic heterocycles. The maximum absolute atomic E-state index is 13.9. The van der Waals surface area contributed by atoms with Crippen LogP contribution in [0, 0.1) is 11.6 Å². The lowest BCUT2D eigenvalue weighted by Crippen LogP contribution is -2.40. The Kier molecular flexibility index (Phi) is 4.17. The van der Waals surface area contributed by atoms with Gasteiger partial charge in [0, 0.05) is 30.2 Å². The largest absolute Gasteiger partial charge is 0.373 e. The third-order valence-corrected chi connectivity index (χ3v) is 4.33. The molecule has 1 atom stereocenters. The molecule has 0 fully saturated rings. The van der Waals surface area contributed by atoms with Gasteiger partial charge in [0.15, 0.2) is 0 Å². The Balaban J connectivity index is 1.83. The zero-order chi connectivity index (χ0) is 16.7. The van der Waals surface area contributed by atoms with E-state index in [9.17, 15) is 13.6 Å². The van der Waals surface area contributed by atoms with Crippen LogP contribution < -0.4 is 10.2 Å². The van der Waals surface area contributed by atoms with E-state index in [2.05, 4.69) is 5.32 Å². The highest BCUT2D eigenvalue weighted by Gasteiger charge is 2.30. The molecule has 0 saturated heterocycles. The quantitative estimate of drug-likeness (QED) is 0.814. The van der Waals surface area contributed by atoms with E-state index < -0.39 is 17.7 Å². The van der Waals surface area contributed by atoms with Crippen LogP contribution in [-0.4, -0.2) is 19.0 Å². The second kappa shape index (κ2) is 5.98. The topological polar surface area (TPSA) is 32.3 Å². The Morgan fingerprint density at radius 1 is 1.22 bits per heavy atom. The molecule has 1 unspecified atom stereocenters. The van der Waals surface area contributed by atoms with E-state index in [1.54, 1.807) is 18.2 Å². The van der Waals surface area contributed by atoms with E-state index in [1.165, 1.54) is 7.05 Å². The molecular formula is C16H12Cl2F2N2O. The van der Waals surface area contributed by atoms with Crippen molar-refractivity contribution in [1.29, 1.82) is 0 Å². The third kappa shape index (κ3) is 2.99. The van der Waals surface area contributed by atoms with Crippen LogP contribution >= 0.6 is 23.2 Å². The van der Waals surface area contributed by atoms with Gasteiger partial charge in [0.2, 0.25) is 5.91 Å². The SMILES string of the molecule is CN(C(=O)C1Cc2cc(Cl)ccc2N1)c1cc(Cl)c(F)cc1F. The minimum absolute atomic E-state index is 0.0720. The monoisotopic (exact) mass is 356 g/mol. The van der Waals surface area contributed by atoms with Crippen molar-refractivity contribution in [3.05, 3.63) is 57.6 Å². The summed E-state index contributed by atoms with van der Waals surface area (Å²) in [5.74, 6) is -2.06. The van der Waals surface area contributed by atoms with Gasteiger partial charge in [-0.2, -0.15) is 0 Å². The van der Waals surface area contributed by atoms with Gasteiger partial charge in [0.25, 0.3) is 0 Å². The van der Waals surface area contributed by atoms with Crippen LogP contribution in [0.2, 0.25) is 10.0 Å². The van der Waals surface area contributed by atoms with Gasteiger partial charge in [0.1, 0.15) is 17.7 Å². The fourth-order valence-electron chi connectivity index (χ4n) is 2.60. The normalized spacial score (nSPS) is 16.0. The average Bonchev–Trinajstić information content (AvgIpc) is 2.92. The van der Waals surface area contributed by atoms with Crippen molar-refractivity contribution in [3.63, 3.8) is 0 Å². The first-order chi connectivity index (χ1) is 10.9. The van der Waals surface area contributed by atoms with Gasteiger partial charge in [-0.1, -0.05) is 23.2 Å². The molecule has 1 heterocycles. The summed E-state index contributed by atoms with van der Waals surface area (Å²) in [6.07, 6.45) is 0.440. The van der Waals surface area contributed by atoms with Gasteiger partial charge < -0.3 is 10.2 Å². The number of hydrogen-bond acceptors (Lipinski definition) is 2. The highest BCUT2D eigenvalue weighted by molar-refractivity contribution is 6.31. The second-order valence-electron chi connectivity index (χ2n) is 5.32. The first-order valence-electron chi connectivity index (χ1n) is 6.84. The Hall–Kier alpha value is -1.85. The summed E-state index contributed by atoms with van der Waals surface area (Å²) >= 11 is 11.6. The molecule has 0 bridgehead atoms. The number of benzene rings is 2. The van der Waals surface area contributed by atoms with Crippen molar-refractivity contribution in [2.75, 3.05) is 17.3 Å². The molecule has 0 aliphatic carbocycles. The van der Waals surface area contributed by atoms with Gasteiger partial charge in [-0.05, 0) is 29.8 Å². The molecule has 7 heteroatoms. The minimum atomic E-state index is -0.866. The van der Waals surface area contributed by atoms with Gasteiger partial charge in [-0.25, -0.2) is 8.78 Å². The van der Waals surface area contributed by atoms with E-state index in [-0.39, 0.29) is 16.6 Å². The molecule has 3 rings (SSSR count). The van der Waals surface area contributed by atoms with Crippen molar-refractivity contribution in [1.82, 2.24) is 0 Å². The zero-order valence-electron chi connectivity index (χ0n) is 12.0. The predicted octanol–water partition coefficient (Wildman–Crippen LogP) is 4.27. The molecule has 1 amide bonds. The molecule has 1 aliphatic heterocycles. The summed E-state index contributed by atoms with van der Waals surface area (Å²) in [5.41, 5.74) is 1.66. The molecule has 23 heavy (non-hydrogen) atoms. The molecule has 2 aromatic carbocycles. The lowest BCUT2D eigenvalue weighted by Gasteiger charge is -2.22. The lowest BCUT2D eigenvalue weighted by atomic mass is 10.1. The summed E-state index contributed by atoms with van der Waals surface area (Å²) in [6.45, 7) is 0. The maximum Gasteiger partial charge on any atom is 0.249 e. The Bertz CT molecular complexity index is 798. The van der Waals surface area contributed by atoms with Crippen LogP contribution in [0.4, 0.5) is 20.2 Å². The first kappa shape index (κ1) is 16.0. The Morgan fingerprint density at radius 2 is 1.96 bits per heavy atom. The summed E-state index contributed by atoms with van der Waals surface area (Å²) in [7, 11) is 1.42. The molecule has 2 aromatic rings. The van der Waals surface area contributed by atoms with Crippen molar-refractivity contribution in [2.45, 2.75) is 12.5 Å². The van der Waals surface area contributed by atoms with Crippen LogP contribution in [0.15, 0.2) is 30.3 Å². The number of likely N-dealkylation sites (N-methyl/N-ethyl adjacent to an activating group) is 1. The van der Waals surface area contributed by atoms with Crippen molar-refractivity contribution in [3.8, 4) is 0 Å². The smallest absolute Gasteiger partial charge is 0.249 e. The van der Waals surface area contributed by atoms with Gasteiger partial charge >= 0.3 is 0 Å². The van der Waals surface area contributed by atoms with Crippen molar-refractivity contribution in [2.24, 2.45) is 0 Å². The molecular weight excluding hydrogens is 345 g/mol. The van der Waals surface area contributed by atoms with Gasteiger partial charge in [-0.15, -0.1) is 0 Å². The van der Waals surface area contributed by atoms with E-state index >= 15 is 0 Å². The van der Waals surface area contributed by atoms with Crippen LogP contribution in [-0.2, 0) is 11.2 Å². The number of fused-ring (bicyclic) bond motifs is 1. The number of carbonyl (C=O) groups is 1. The van der Waals surface area contributed by atoms with Crippen LogP contribution in [0.25, 0.3) is 0 Å². The van der Waals surface area contributed by atoms with E-state index in [0.717, 1.165) is 22.2 Å². The lowest BCUT2D eigenvalue weighted by molar-refractivity contribution is -0.118. The summed E-state index contributed by atoms with van der Waals surface area (Å²) in [6, 6.07) is 6.52. The molecule has 0 saturated carbocycles. The first-order valence-corrected chi connectivity index (χ1v) is 7.59. The van der Waals surface area contributed by atoms with E-state index in [0.29, 0.717) is 17.5 Å². The fraction of sp³-hybridized carbons (Fsp3) is 0.188. The average molecular weight is 357 g/mol. The second-order valence-corrected chi connectivity index (χ2v) is 6.16. The van der Waals surface area contributed by atoms with Crippen LogP contribution in [0.3, 0.4) is 0 Å². The number of hydrogen-bond donors (Lipinski definition) is 1. The Labute approximate surface area is 141 Å². The predicted molar refractivity (Wildman–Crippen MR) is 87.3 cm³/mol. The maximum atomic E-state index is 13.9. The summed E-state index contributed by atoms with van der Waals surface area (Å²) < 4.78 is 27.2. The number of halogens is 4. The molecule has 3 nitrogen and oxygen atoms in total. The van der Waals surface area contributed by atoms with Gasteiger partial charge in [-0.3, -0.25) is 4.79 Å². The summed E-state index contributed by atoms with van der Waals surface area (Å²) in [4.78, 5) is 13.7. The highest BCUT2D eigenvalue weighted by Crippen LogP contribution is 2.31. The molecule has 0 radical (unpaired) electrons. The number of nitrogens with one attached hydrogen (secondary N) is 1. The Morgan fingerprint density at radius 3 is 2.70 bits per heavy atom. The van der Waals surface area contributed by atoms with E-state index in [1.807, 2.05) is 0 Å². The molecule has 0 spiro atoms. The number of nitrogens with zero attached hydrogens (tertiary/aromatic N) is 1. The van der Waals surface area contributed by atoms with Crippen LogP contribution in [0.1, 0.15) is 5.56 Å². The third-order valence-electron chi connectivity index (χ3n) is 3.80. The van der Waals surface area contributed by atoms with Gasteiger partial charge in [0.05, 0.1) is 10.7 Å². The standard InChI is InChI=1S/C16H12Cl2F2N2O/c1-22(15-6-10(18)11(19)7-12(15)20)16(23)14-5-8-4-9(17)2-3-13(8)21-14/h2-4,6-7,14,21H,5H2,1H3. The highest BCUT2D eigenvalue weighted by atomic mass is 35.5. The molecule has 1 N–H and O–H groups in total. The minimum Gasteiger partial charge on any atom is -0.373 e.